The van der Waals surface area contributed by atoms with E-state index in [1.54, 1.807) is 23.0 Å². The van der Waals surface area contributed by atoms with Crippen LogP contribution in [0.15, 0.2) is 30.5 Å². The highest BCUT2D eigenvalue weighted by Gasteiger charge is 2.19. The van der Waals surface area contributed by atoms with Crippen molar-refractivity contribution in [2.45, 2.75) is 26.8 Å². The zero-order valence-corrected chi connectivity index (χ0v) is 15.2. The van der Waals surface area contributed by atoms with Crippen LogP contribution in [-0.4, -0.2) is 29.3 Å². The highest BCUT2D eigenvalue weighted by atomic mass is 35.5. The van der Waals surface area contributed by atoms with Crippen molar-refractivity contribution in [3.05, 3.63) is 47.5 Å². The summed E-state index contributed by atoms with van der Waals surface area (Å²) in [6.45, 7) is 6.38. The molecule has 2 aromatic rings. The van der Waals surface area contributed by atoms with Gasteiger partial charge in [-0.25, -0.2) is 9.07 Å². The van der Waals surface area contributed by atoms with Crippen LogP contribution < -0.4 is 10.6 Å². The molecule has 1 heterocycles. The molecule has 0 saturated heterocycles. The van der Waals surface area contributed by atoms with Crippen molar-refractivity contribution in [2.24, 2.45) is 5.92 Å². The molecule has 7 heteroatoms. The van der Waals surface area contributed by atoms with Crippen molar-refractivity contribution in [1.29, 1.82) is 0 Å². The van der Waals surface area contributed by atoms with Gasteiger partial charge in [-0.15, -0.1) is 12.4 Å². The number of nitrogens with zero attached hydrogens (tertiary/aromatic N) is 2. The summed E-state index contributed by atoms with van der Waals surface area (Å²) in [5, 5.41) is 10.4. The zero-order valence-electron chi connectivity index (χ0n) is 14.3. The van der Waals surface area contributed by atoms with Gasteiger partial charge < -0.3 is 10.6 Å². The molecule has 0 saturated carbocycles. The summed E-state index contributed by atoms with van der Waals surface area (Å²) in [4.78, 5) is 12.1. The maximum absolute atomic E-state index is 13.0. The molecule has 2 rings (SSSR count). The maximum atomic E-state index is 13.0. The lowest BCUT2D eigenvalue weighted by molar-refractivity contribution is -0.125. The lowest BCUT2D eigenvalue weighted by Crippen LogP contribution is -2.35. The molecule has 1 amide bonds. The summed E-state index contributed by atoms with van der Waals surface area (Å²) in [6, 6.07) is 6.02. The van der Waals surface area contributed by atoms with Gasteiger partial charge in [0.2, 0.25) is 5.91 Å². The number of nitrogens with one attached hydrogen (secondary N) is 2. The van der Waals surface area contributed by atoms with Gasteiger partial charge in [0.15, 0.2) is 0 Å². The molecule has 2 atom stereocenters. The van der Waals surface area contributed by atoms with Gasteiger partial charge in [-0.05, 0) is 45.2 Å². The van der Waals surface area contributed by atoms with E-state index in [0.717, 1.165) is 16.9 Å². The Labute approximate surface area is 148 Å². The van der Waals surface area contributed by atoms with E-state index in [1.165, 1.54) is 12.1 Å². The first-order chi connectivity index (χ1) is 10.9. The summed E-state index contributed by atoms with van der Waals surface area (Å²) in [7, 11) is 1.82. The van der Waals surface area contributed by atoms with Gasteiger partial charge in [0, 0.05) is 23.7 Å². The first-order valence-corrected chi connectivity index (χ1v) is 7.69. The highest BCUT2D eigenvalue weighted by molar-refractivity contribution is 5.85. The minimum Gasteiger partial charge on any atom is -0.349 e. The van der Waals surface area contributed by atoms with Crippen LogP contribution in [-0.2, 0) is 4.79 Å². The third kappa shape index (κ3) is 4.55. The van der Waals surface area contributed by atoms with E-state index < -0.39 is 0 Å². The SMILES string of the molecule is CNCC(C)C(=O)NC(C)c1cnn(-c2ccc(F)cc2)c1C.Cl. The molecule has 0 aliphatic rings. The molecule has 5 nitrogen and oxygen atoms in total. The number of rotatable bonds is 6. The molecule has 0 radical (unpaired) electrons. The highest BCUT2D eigenvalue weighted by Crippen LogP contribution is 2.20. The third-order valence-corrected chi connectivity index (χ3v) is 3.90. The monoisotopic (exact) mass is 354 g/mol. The van der Waals surface area contributed by atoms with Crippen LogP contribution >= 0.6 is 12.4 Å². The normalized spacial score (nSPS) is 13.0. The van der Waals surface area contributed by atoms with E-state index in [4.69, 9.17) is 0 Å². The van der Waals surface area contributed by atoms with Gasteiger partial charge in [0.1, 0.15) is 5.82 Å². The van der Waals surface area contributed by atoms with Crippen LogP contribution in [0.25, 0.3) is 5.69 Å². The number of aromatic nitrogens is 2. The topological polar surface area (TPSA) is 59.0 Å². The molecule has 132 valence electrons. The molecular formula is C17H24ClFN4O. The van der Waals surface area contributed by atoms with Gasteiger partial charge in [-0.3, -0.25) is 4.79 Å². The van der Waals surface area contributed by atoms with Gasteiger partial charge in [-0.1, -0.05) is 6.92 Å². The second kappa shape index (κ2) is 8.80. The van der Waals surface area contributed by atoms with E-state index >= 15 is 0 Å². The molecule has 0 aliphatic heterocycles. The van der Waals surface area contributed by atoms with Crippen molar-refractivity contribution < 1.29 is 9.18 Å². The fraction of sp³-hybridized carbons (Fsp3) is 0.412. The average Bonchev–Trinajstić information content (AvgIpc) is 2.90. The largest absolute Gasteiger partial charge is 0.349 e. The van der Waals surface area contributed by atoms with Crippen molar-refractivity contribution >= 4 is 18.3 Å². The molecule has 2 unspecified atom stereocenters. The van der Waals surface area contributed by atoms with E-state index in [9.17, 15) is 9.18 Å². The van der Waals surface area contributed by atoms with Crippen LogP contribution in [0.2, 0.25) is 0 Å². The fourth-order valence-electron chi connectivity index (χ4n) is 2.52. The summed E-state index contributed by atoms with van der Waals surface area (Å²) in [5.41, 5.74) is 2.65. The van der Waals surface area contributed by atoms with E-state index in [0.29, 0.717) is 6.54 Å². The molecule has 0 fully saturated rings. The Morgan fingerprint density at radius 2 is 1.92 bits per heavy atom. The molecule has 0 bridgehead atoms. The number of carbonyl (C=O) groups excluding carboxylic acids is 1. The van der Waals surface area contributed by atoms with E-state index in [2.05, 4.69) is 15.7 Å². The van der Waals surface area contributed by atoms with E-state index in [-0.39, 0.29) is 36.1 Å². The Hall–Kier alpha value is -1.92. The maximum Gasteiger partial charge on any atom is 0.224 e. The number of benzene rings is 1. The molecule has 1 aromatic heterocycles. The Balaban J connectivity index is 0.00000288. The Morgan fingerprint density at radius 1 is 1.29 bits per heavy atom. The molecule has 2 N–H and O–H groups in total. The molecular weight excluding hydrogens is 331 g/mol. The van der Waals surface area contributed by atoms with Crippen molar-refractivity contribution in [3.63, 3.8) is 0 Å². The van der Waals surface area contributed by atoms with Gasteiger partial charge in [0.05, 0.1) is 17.9 Å². The predicted octanol–water partition coefficient (Wildman–Crippen LogP) is 2.77. The van der Waals surface area contributed by atoms with Gasteiger partial charge in [-0.2, -0.15) is 5.10 Å². The second-order valence-electron chi connectivity index (χ2n) is 5.76. The van der Waals surface area contributed by atoms with Crippen molar-refractivity contribution in [3.8, 4) is 5.69 Å². The van der Waals surface area contributed by atoms with Crippen LogP contribution in [0.1, 0.15) is 31.1 Å². The third-order valence-electron chi connectivity index (χ3n) is 3.90. The average molecular weight is 355 g/mol. The van der Waals surface area contributed by atoms with Crippen LogP contribution in [0.4, 0.5) is 4.39 Å². The summed E-state index contributed by atoms with van der Waals surface area (Å²) in [5.74, 6) is -0.381. The zero-order chi connectivity index (χ0) is 17.0. The number of halogens is 2. The fourth-order valence-corrected chi connectivity index (χ4v) is 2.52. The van der Waals surface area contributed by atoms with Gasteiger partial charge >= 0.3 is 0 Å². The summed E-state index contributed by atoms with van der Waals surface area (Å²) in [6.07, 6.45) is 1.74. The molecule has 0 aliphatic carbocycles. The van der Waals surface area contributed by atoms with Gasteiger partial charge in [0.25, 0.3) is 0 Å². The van der Waals surface area contributed by atoms with Crippen molar-refractivity contribution in [2.75, 3.05) is 13.6 Å². The lowest BCUT2D eigenvalue weighted by Gasteiger charge is -2.17. The molecule has 1 aromatic carbocycles. The molecule has 24 heavy (non-hydrogen) atoms. The standard InChI is InChI=1S/C17H23FN4O.ClH/c1-11(9-19-4)17(23)21-12(2)16-10-20-22(13(16)3)15-7-5-14(18)6-8-15;/h5-8,10-12,19H,9H2,1-4H3,(H,21,23);1H. The van der Waals surface area contributed by atoms with Crippen LogP contribution in [0, 0.1) is 18.7 Å². The minimum absolute atomic E-state index is 0. The quantitative estimate of drug-likeness (QED) is 0.838. The predicted molar refractivity (Wildman–Crippen MR) is 95.2 cm³/mol. The smallest absolute Gasteiger partial charge is 0.224 e. The molecule has 0 spiro atoms. The number of amides is 1. The lowest BCUT2D eigenvalue weighted by atomic mass is 10.1. The Kier molecular flexibility index (Phi) is 7.38. The number of carbonyl (C=O) groups is 1. The summed E-state index contributed by atoms with van der Waals surface area (Å²) < 4.78 is 14.8. The van der Waals surface area contributed by atoms with Crippen LogP contribution in [0.3, 0.4) is 0 Å². The van der Waals surface area contributed by atoms with E-state index in [1.807, 2.05) is 27.8 Å². The van der Waals surface area contributed by atoms with Crippen molar-refractivity contribution in [1.82, 2.24) is 20.4 Å². The first kappa shape index (κ1) is 20.1. The Morgan fingerprint density at radius 3 is 2.50 bits per heavy atom. The second-order valence-corrected chi connectivity index (χ2v) is 5.76. The Bertz CT molecular complexity index is 672. The summed E-state index contributed by atoms with van der Waals surface area (Å²) >= 11 is 0. The minimum atomic E-state index is -0.280. The number of hydrogen-bond acceptors (Lipinski definition) is 3. The van der Waals surface area contributed by atoms with Crippen LogP contribution in [0.5, 0.6) is 0 Å². The number of hydrogen-bond donors (Lipinski definition) is 2. The first-order valence-electron chi connectivity index (χ1n) is 7.69.